The Morgan fingerprint density at radius 3 is 1.00 bits per heavy atom. The van der Waals surface area contributed by atoms with Crippen molar-refractivity contribution in [1.29, 1.82) is 0 Å². The molecular formula is C24H26N6Sn. The van der Waals surface area contributed by atoms with Gasteiger partial charge in [-0.3, -0.25) is 0 Å². The number of hydrogen-bond donors (Lipinski definition) is 0. The van der Waals surface area contributed by atoms with Crippen molar-refractivity contribution in [3.05, 3.63) is 97.6 Å². The molecule has 6 nitrogen and oxygen atoms in total. The standard InChI is InChI=1S/2C10H8N3.2C2H5.Sn/c2*1-3-7-11-9(5-1)13-10-6-2-4-8-12-10;2*1-2;/h2*1-8H;2*1H2,2H3;/q2*-1;;;+2. The number of aromatic nitrogens is 4. The van der Waals surface area contributed by atoms with Gasteiger partial charge in [-0.2, -0.15) is 0 Å². The topological polar surface area (TPSA) is 58.0 Å². The maximum atomic E-state index is 4.76. The maximum absolute atomic E-state index is 4.76. The fraction of sp³-hybridized carbons (Fsp3) is 0.167. The van der Waals surface area contributed by atoms with Crippen LogP contribution < -0.4 is 6.24 Å². The van der Waals surface area contributed by atoms with Crippen molar-refractivity contribution in [2.45, 2.75) is 22.7 Å². The van der Waals surface area contributed by atoms with Gasteiger partial charge in [0, 0.05) is 0 Å². The Hall–Kier alpha value is -3.00. The molecule has 0 aliphatic rings. The molecule has 0 aliphatic carbocycles. The Labute approximate surface area is 188 Å². The van der Waals surface area contributed by atoms with Crippen LogP contribution >= 0.6 is 0 Å². The Balaban J connectivity index is 2.00. The second-order valence-electron chi connectivity index (χ2n) is 7.11. The zero-order valence-corrected chi connectivity index (χ0v) is 20.7. The summed E-state index contributed by atoms with van der Waals surface area (Å²) in [6.45, 7) is 4.55. The molecule has 4 rings (SSSR count). The van der Waals surface area contributed by atoms with Gasteiger partial charge in [-0.1, -0.05) is 0 Å². The molecule has 31 heavy (non-hydrogen) atoms. The van der Waals surface area contributed by atoms with E-state index >= 15 is 0 Å². The number of rotatable bonds is 8. The van der Waals surface area contributed by atoms with Gasteiger partial charge in [-0.25, -0.2) is 0 Å². The Morgan fingerprint density at radius 2 is 0.806 bits per heavy atom. The predicted octanol–water partition coefficient (Wildman–Crippen LogP) is 5.73. The van der Waals surface area contributed by atoms with Crippen molar-refractivity contribution in [2.24, 2.45) is 0 Å². The summed E-state index contributed by atoms with van der Waals surface area (Å²) >= 11 is -3.57. The molecule has 4 heterocycles. The van der Waals surface area contributed by atoms with Crippen LogP contribution in [-0.4, -0.2) is 38.9 Å². The third-order valence-electron chi connectivity index (χ3n) is 5.48. The predicted molar refractivity (Wildman–Crippen MR) is 128 cm³/mol. The quantitative estimate of drug-likeness (QED) is 0.279. The fourth-order valence-corrected chi connectivity index (χ4v) is 16.0. The van der Waals surface area contributed by atoms with Gasteiger partial charge in [0.25, 0.3) is 0 Å². The molecular weight excluding hydrogens is 491 g/mol. The van der Waals surface area contributed by atoms with Crippen molar-refractivity contribution < 1.29 is 0 Å². The second kappa shape index (κ2) is 9.87. The molecule has 0 saturated heterocycles. The summed E-state index contributed by atoms with van der Waals surface area (Å²) in [7, 11) is 0. The summed E-state index contributed by atoms with van der Waals surface area (Å²) in [5, 5.41) is 0. The average molecular weight is 517 g/mol. The molecule has 0 bridgehead atoms. The molecule has 0 atom stereocenters. The Kier molecular flexibility index (Phi) is 6.76. The molecule has 0 amide bonds. The molecule has 4 aromatic heterocycles. The van der Waals surface area contributed by atoms with Crippen LogP contribution in [0.15, 0.2) is 97.6 Å². The summed E-state index contributed by atoms with van der Waals surface area (Å²) in [4.78, 5) is 19.0. The van der Waals surface area contributed by atoms with E-state index in [4.69, 9.17) is 19.9 Å². The first-order chi connectivity index (χ1) is 15.3. The summed E-state index contributed by atoms with van der Waals surface area (Å²) in [5.74, 6) is 3.66. The first-order valence-corrected chi connectivity index (χ1v) is 17.1. The number of hydrogen-bond acceptors (Lipinski definition) is 6. The van der Waals surface area contributed by atoms with E-state index in [2.05, 4.69) is 44.4 Å². The van der Waals surface area contributed by atoms with E-state index in [1.807, 2.05) is 73.3 Å². The molecule has 0 radical (unpaired) electrons. The Morgan fingerprint density at radius 1 is 0.516 bits per heavy atom. The van der Waals surface area contributed by atoms with Gasteiger partial charge in [0.1, 0.15) is 0 Å². The molecule has 156 valence electrons. The van der Waals surface area contributed by atoms with Crippen molar-refractivity contribution in [1.82, 2.24) is 19.9 Å². The van der Waals surface area contributed by atoms with Gasteiger partial charge in [0.05, 0.1) is 0 Å². The van der Waals surface area contributed by atoms with Crippen LogP contribution in [0.1, 0.15) is 13.8 Å². The molecule has 0 unspecified atom stereocenters. The van der Waals surface area contributed by atoms with Crippen LogP contribution in [0, 0.1) is 0 Å². The van der Waals surface area contributed by atoms with Crippen molar-refractivity contribution in [3.8, 4) is 0 Å². The third-order valence-corrected chi connectivity index (χ3v) is 19.3. The fourth-order valence-electron chi connectivity index (χ4n) is 4.01. The zero-order valence-electron chi connectivity index (χ0n) is 17.8. The Bertz CT molecular complexity index is 896. The molecule has 4 aromatic rings. The van der Waals surface area contributed by atoms with Gasteiger partial charge < -0.3 is 0 Å². The molecule has 7 heteroatoms. The van der Waals surface area contributed by atoms with Gasteiger partial charge in [0.15, 0.2) is 0 Å². The normalized spacial score (nSPS) is 11.2. The summed E-state index contributed by atoms with van der Waals surface area (Å²) in [6, 6.07) is 24.2. The average Bonchev–Trinajstić information content (AvgIpc) is 2.86. The van der Waals surface area contributed by atoms with Gasteiger partial charge in [0.2, 0.25) is 0 Å². The van der Waals surface area contributed by atoms with Crippen LogP contribution in [-0.2, 0) is 0 Å². The van der Waals surface area contributed by atoms with E-state index in [1.54, 1.807) is 0 Å². The first kappa shape index (κ1) is 21.2. The van der Waals surface area contributed by atoms with E-state index in [-0.39, 0.29) is 0 Å². The SMILES string of the molecule is C[CH2][Sn]([CH2]C)([N](c1ccccn1)c1ccccn1)[N](c1ccccn1)c1ccccn1. The zero-order chi connectivity index (χ0) is 21.5. The molecule has 0 spiro atoms. The summed E-state index contributed by atoms with van der Waals surface area (Å²) in [5.41, 5.74) is 0. The summed E-state index contributed by atoms with van der Waals surface area (Å²) in [6.07, 6.45) is 7.39. The van der Waals surface area contributed by atoms with E-state index in [0.29, 0.717) is 0 Å². The second-order valence-corrected chi connectivity index (χ2v) is 19.3. The van der Waals surface area contributed by atoms with E-state index in [0.717, 1.165) is 32.1 Å². The summed E-state index contributed by atoms with van der Waals surface area (Å²) < 4.78 is 6.81. The van der Waals surface area contributed by atoms with Crippen LogP contribution in [0.2, 0.25) is 8.87 Å². The van der Waals surface area contributed by atoms with Crippen molar-refractivity contribution in [3.63, 3.8) is 0 Å². The van der Waals surface area contributed by atoms with Crippen LogP contribution in [0.5, 0.6) is 0 Å². The molecule has 0 saturated carbocycles. The molecule has 0 N–H and O–H groups in total. The minimum atomic E-state index is -3.57. The first-order valence-electron chi connectivity index (χ1n) is 10.5. The van der Waals surface area contributed by atoms with Gasteiger partial charge in [-0.15, -0.1) is 0 Å². The molecule has 0 aliphatic heterocycles. The van der Waals surface area contributed by atoms with Crippen LogP contribution in [0.4, 0.5) is 23.3 Å². The molecule has 0 fully saturated rings. The van der Waals surface area contributed by atoms with Crippen LogP contribution in [0.25, 0.3) is 0 Å². The van der Waals surface area contributed by atoms with E-state index < -0.39 is 18.9 Å². The number of pyridine rings is 4. The van der Waals surface area contributed by atoms with E-state index in [1.165, 1.54) is 0 Å². The monoisotopic (exact) mass is 518 g/mol. The van der Waals surface area contributed by atoms with E-state index in [9.17, 15) is 0 Å². The minimum absolute atomic E-state index is 0.914. The number of anilines is 4. The third kappa shape index (κ3) is 4.25. The van der Waals surface area contributed by atoms with Crippen LogP contribution in [0.3, 0.4) is 0 Å². The van der Waals surface area contributed by atoms with Crippen molar-refractivity contribution >= 4 is 42.2 Å². The van der Waals surface area contributed by atoms with Crippen molar-refractivity contribution in [2.75, 3.05) is 6.24 Å². The van der Waals surface area contributed by atoms with Gasteiger partial charge >= 0.3 is 189 Å². The number of nitrogens with zero attached hydrogens (tertiary/aromatic N) is 6. The molecule has 0 aromatic carbocycles. The van der Waals surface area contributed by atoms with Gasteiger partial charge in [-0.05, 0) is 0 Å².